The van der Waals surface area contributed by atoms with Crippen LogP contribution >= 0.6 is 0 Å². The van der Waals surface area contributed by atoms with Gasteiger partial charge in [0.25, 0.3) is 0 Å². The van der Waals surface area contributed by atoms with Gasteiger partial charge >= 0.3 is 0 Å². The fourth-order valence-corrected chi connectivity index (χ4v) is 1.45. The molecule has 1 aromatic rings. The molecule has 0 aromatic heterocycles. The van der Waals surface area contributed by atoms with Crippen LogP contribution in [0.2, 0.25) is 0 Å². The third-order valence-corrected chi connectivity index (χ3v) is 2.46. The molecule has 0 atom stereocenters. The Morgan fingerprint density at radius 1 is 1.29 bits per heavy atom. The zero-order chi connectivity index (χ0) is 9.80. The monoisotopic (exact) mass is 189 g/mol. The lowest BCUT2D eigenvalue weighted by molar-refractivity contribution is 0.0982. The Bertz CT molecular complexity index is 303. The van der Waals surface area contributed by atoms with E-state index in [0.717, 1.165) is 12.1 Å². The molecule has 0 bridgehead atoms. The van der Waals surface area contributed by atoms with Crippen molar-refractivity contribution in [3.8, 4) is 0 Å². The van der Waals surface area contributed by atoms with Gasteiger partial charge in [-0.1, -0.05) is 30.3 Å². The summed E-state index contributed by atoms with van der Waals surface area (Å²) in [6.45, 7) is 0.818. The number of rotatable bonds is 5. The highest BCUT2D eigenvalue weighted by Gasteiger charge is 2.20. The lowest BCUT2D eigenvalue weighted by Gasteiger charge is -2.01. The Balaban J connectivity index is 1.77. The predicted octanol–water partition coefficient (Wildman–Crippen LogP) is 2.01. The van der Waals surface area contributed by atoms with Gasteiger partial charge in [0.05, 0.1) is 0 Å². The Labute approximate surface area is 84.3 Å². The normalized spacial score (nSPS) is 15.4. The first kappa shape index (κ1) is 9.41. The van der Waals surface area contributed by atoms with E-state index in [0.29, 0.717) is 12.5 Å². The number of nitrogens with one attached hydrogen (secondary N) is 1. The van der Waals surface area contributed by atoms with Crippen LogP contribution in [-0.4, -0.2) is 18.4 Å². The highest BCUT2D eigenvalue weighted by Crippen LogP contribution is 2.18. The van der Waals surface area contributed by atoms with Gasteiger partial charge in [-0.3, -0.25) is 4.79 Å². The quantitative estimate of drug-likeness (QED) is 0.718. The minimum atomic E-state index is 0.235. The van der Waals surface area contributed by atoms with Crippen molar-refractivity contribution in [2.24, 2.45) is 0 Å². The molecule has 2 rings (SSSR count). The molecular weight excluding hydrogens is 174 g/mol. The fourth-order valence-electron chi connectivity index (χ4n) is 1.45. The fraction of sp³-hybridized carbons (Fsp3) is 0.417. The van der Waals surface area contributed by atoms with Gasteiger partial charge < -0.3 is 5.32 Å². The Hall–Kier alpha value is -1.15. The molecule has 2 heteroatoms. The van der Waals surface area contributed by atoms with Crippen molar-refractivity contribution in [1.29, 1.82) is 0 Å². The van der Waals surface area contributed by atoms with Gasteiger partial charge in [-0.15, -0.1) is 0 Å². The molecule has 1 aliphatic carbocycles. The van der Waals surface area contributed by atoms with Crippen LogP contribution < -0.4 is 5.32 Å². The molecule has 0 saturated heterocycles. The zero-order valence-electron chi connectivity index (χ0n) is 8.20. The van der Waals surface area contributed by atoms with Crippen LogP contribution in [0.5, 0.6) is 0 Å². The molecule has 0 heterocycles. The number of Topliss-reactive ketones (excluding diaryl/α,β-unsaturated/α-hetero) is 1. The smallest absolute Gasteiger partial charge is 0.164 e. The van der Waals surface area contributed by atoms with Crippen molar-refractivity contribution in [1.82, 2.24) is 5.32 Å². The second-order valence-corrected chi connectivity index (χ2v) is 3.77. The summed E-state index contributed by atoms with van der Waals surface area (Å²) in [4.78, 5) is 11.6. The van der Waals surface area contributed by atoms with Gasteiger partial charge in [-0.05, 0) is 12.8 Å². The van der Waals surface area contributed by atoms with E-state index < -0.39 is 0 Å². The number of hydrogen-bond donors (Lipinski definition) is 1. The third-order valence-electron chi connectivity index (χ3n) is 2.46. The van der Waals surface area contributed by atoms with Gasteiger partial charge in [-0.2, -0.15) is 0 Å². The lowest BCUT2D eigenvalue weighted by Crippen LogP contribution is -2.20. The Kier molecular flexibility index (Phi) is 2.94. The molecule has 0 radical (unpaired) electrons. The molecule has 1 N–H and O–H groups in total. The first-order valence-corrected chi connectivity index (χ1v) is 5.18. The summed E-state index contributed by atoms with van der Waals surface area (Å²) >= 11 is 0. The van der Waals surface area contributed by atoms with E-state index in [1.807, 2.05) is 30.3 Å². The average Bonchev–Trinajstić information content (AvgIpc) is 3.03. The van der Waals surface area contributed by atoms with Crippen LogP contribution in [-0.2, 0) is 0 Å². The highest BCUT2D eigenvalue weighted by molar-refractivity contribution is 5.96. The SMILES string of the molecule is O=C(CCNC1CC1)c1ccccc1. The maximum absolute atomic E-state index is 11.6. The van der Waals surface area contributed by atoms with Gasteiger partial charge in [0.1, 0.15) is 0 Å². The first-order valence-electron chi connectivity index (χ1n) is 5.18. The van der Waals surface area contributed by atoms with Crippen LogP contribution in [0, 0.1) is 0 Å². The van der Waals surface area contributed by atoms with Crippen molar-refractivity contribution < 1.29 is 4.79 Å². The van der Waals surface area contributed by atoms with Crippen LogP contribution in [0.3, 0.4) is 0 Å². The summed E-state index contributed by atoms with van der Waals surface area (Å²) in [5.41, 5.74) is 0.824. The second-order valence-electron chi connectivity index (χ2n) is 3.77. The largest absolute Gasteiger partial charge is 0.314 e. The molecule has 0 spiro atoms. The van der Waals surface area contributed by atoms with Crippen molar-refractivity contribution in [3.63, 3.8) is 0 Å². The summed E-state index contributed by atoms with van der Waals surface area (Å²) in [6, 6.07) is 10.2. The van der Waals surface area contributed by atoms with Gasteiger partial charge in [0.2, 0.25) is 0 Å². The van der Waals surface area contributed by atoms with Crippen molar-refractivity contribution in [2.45, 2.75) is 25.3 Å². The van der Waals surface area contributed by atoms with E-state index in [2.05, 4.69) is 5.32 Å². The summed E-state index contributed by atoms with van der Waals surface area (Å²) in [5, 5.41) is 3.34. The Morgan fingerprint density at radius 3 is 2.64 bits per heavy atom. The second kappa shape index (κ2) is 4.38. The molecule has 0 amide bonds. The van der Waals surface area contributed by atoms with E-state index in [4.69, 9.17) is 0 Å². The molecular formula is C12H15NO. The molecule has 74 valence electrons. The minimum Gasteiger partial charge on any atom is -0.314 e. The van der Waals surface area contributed by atoms with Crippen molar-refractivity contribution in [2.75, 3.05) is 6.54 Å². The summed E-state index contributed by atoms with van der Waals surface area (Å²) in [5.74, 6) is 0.235. The van der Waals surface area contributed by atoms with Crippen LogP contribution in [0.4, 0.5) is 0 Å². The van der Waals surface area contributed by atoms with Gasteiger partial charge in [0.15, 0.2) is 5.78 Å². The standard InChI is InChI=1S/C12H15NO/c14-12(8-9-13-11-6-7-11)10-4-2-1-3-5-10/h1-5,11,13H,6-9H2. The van der Waals surface area contributed by atoms with Gasteiger partial charge in [-0.25, -0.2) is 0 Å². The summed E-state index contributed by atoms with van der Waals surface area (Å²) in [6.07, 6.45) is 3.17. The molecule has 0 unspecified atom stereocenters. The van der Waals surface area contributed by atoms with Crippen LogP contribution in [0.15, 0.2) is 30.3 Å². The first-order chi connectivity index (χ1) is 6.86. The minimum absolute atomic E-state index is 0.235. The average molecular weight is 189 g/mol. The predicted molar refractivity (Wildman–Crippen MR) is 56.4 cm³/mol. The van der Waals surface area contributed by atoms with E-state index in [-0.39, 0.29) is 5.78 Å². The topological polar surface area (TPSA) is 29.1 Å². The van der Waals surface area contributed by atoms with Crippen molar-refractivity contribution >= 4 is 5.78 Å². The molecule has 1 aliphatic rings. The number of carbonyl (C=O) groups is 1. The molecule has 1 fully saturated rings. The zero-order valence-corrected chi connectivity index (χ0v) is 8.20. The highest BCUT2D eigenvalue weighted by atomic mass is 16.1. The number of hydrogen-bond acceptors (Lipinski definition) is 2. The van der Waals surface area contributed by atoms with E-state index in [1.54, 1.807) is 0 Å². The number of benzene rings is 1. The third kappa shape index (κ3) is 2.67. The van der Waals surface area contributed by atoms with Crippen LogP contribution in [0.25, 0.3) is 0 Å². The maximum atomic E-state index is 11.6. The molecule has 0 aliphatic heterocycles. The maximum Gasteiger partial charge on any atom is 0.164 e. The summed E-state index contributed by atoms with van der Waals surface area (Å²) < 4.78 is 0. The molecule has 1 saturated carbocycles. The van der Waals surface area contributed by atoms with E-state index >= 15 is 0 Å². The number of ketones is 1. The molecule has 14 heavy (non-hydrogen) atoms. The van der Waals surface area contributed by atoms with Gasteiger partial charge in [0, 0.05) is 24.6 Å². The van der Waals surface area contributed by atoms with Crippen molar-refractivity contribution in [3.05, 3.63) is 35.9 Å². The van der Waals surface area contributed by atoms with Crippen LogP contribution in [0.1, 0.15) is 29.6 Å². The lowest BCUT2D eigenvalue weighted by atomic mass is 10.1. The number of carbonyl (C=O) groups excluding carboxylic acids is 1. The van der Waals surface area contributed by atoms with E-state index in [9.17, 15) is 4.79 Å². The molecule has 1 aromatic carbocycles. The molecule has 2 nitrogen and oxygen atoms in total. The Morgan fingerprint density at radius 2 is 2.00 bits per heavy atom. The summed E-state index contributed by atoms with van der Waals surface area (Å²) in [7, 11) is 0. The van der Waals surface area contributed by atoms with E-state index in [1.165, 1.54) is 12.8 Å².